The molecule has 0 aliphatic carbocycles. The normalized spacial score (nSPS) is 11.1. The number of likely N-dealkylation sites (N-methyl/N-ethyl adjacent to an activating group) is 1. The summed E-state index contributed by atoms with van der Waals surface area (Å²) in [5.41, 5.74) is 2.85. The number of hydrogen-bond acceptors (Lipinski definition) is 6. The van der Waals surface area contributed by atoms with Gasteiger partial charge in [-0.1, -0.05) is 71.6 Å². The van der Waals surface area contributed by atoms with E-state index in [2.05, 4.69) is 22.3 Å². The predicted molar refractivity (Wildman–Crippen MR) is 118 cm³/mol. The Labute approximate surface area is 177 Å². The second-order valence-electron chi connectivity index (χ2n) is 6.74. The molecule has 29 heavy (non-hydrogen) atoms. The van der Waals surface area contributed by atoms with Gasteiger partial charge in [0.15, 0.2) is 10.1 Å². The van der Waals surface area contributed by atoms with Crippen LogP contribution in [0.1, 0.15) is 26.7 Å². The number of carbonyl (C=O) groups excluding carboxylic acids is 1. The number of aryl methyl sites for hydroxylation is 1. The molecular weight excluding hydrogens is 402 g/mol. The van der Waals surface area contributed by atoms with Crippen molar-refractivity contribution in [3.63, 3.8) is 0 Å². The summed E-state index contributed by atoms with van der Waals surface area (Å²) in [6.07, 6.45) is 0.803. The summed E-state index contributed by atoms with van der Waals surface area (Å²) in [7, 11) is 1.82. The number of hydrogen-bond donors (Lipinski definition) is 0. The Kier molecular flexibility index (Phi) is 5.97. The molecule has 148 valence electrons. The molecule has 0 bridgehead atoms. The van der Waals surface area contributed by atoms with Crippen molar-refractivity contribution in [3.05, 3.63) is 76.5 Å². The van der Waals surface area contributed by atoms with Crippen LogP contribution in [0.3, 0.4) is 0 Å². The molecule has 4 aromatic rings. The van der Waals surface area contributed by atoms with Gasteiger partial charge in [0.25, 0.3) is 5.91 Å². The van der Waals surface area contributed by atoms with Crippen molar-refractivity contribution in [2.24, 2.45) is 0 Å². The molecule has 2 heterocycles. The summed E-state index contributed by atoms with van der Waals surface area (Å²) in [6.45, 7) is 2.56. The van der Waals surface area contributed by atoms with Crippen molar-refractivity contribution in [3.8, 4) is 0 Å². The van der Waals surface area contributed by atoms with E-state index in [1.807, 2.05) is 56.4 Å². The zero-order chi connectivity index (χ0) is 20.2. The molecule has 0 saturated carbocycles. The van der Waals surface area contributed by atoms with Gasteiger partial charge in [-0.15, -0.1) is 10.2 Å². The fourth-order valence-corrected chi connectivity index (χ4v) is 4.95. The topological polar surface area (TPSA) is 59.2 Å². The fraction of sp³-hybridized carbons (Fsp3) is 0.227. The number of aromatic nitrogens is 2. The lowest BCUT2D eigenvalue weighted by Crippen LogP contribution is -2.29. The quantitative estimate of drug-likeness (QED) is 0.382. The van der Waals surface area contributed by atoms with Crippen molar-refractivity contribution in [1.82, 2.24) is 15.1 Å². The second-order valence-corrected chi connectivity index (χ2v) is 9.15. The molecular formula is C22H21N3O2S2. The van der Waals surface area contributed by atoms with Gasteiger partial charge < -0.3 is 9.32 Å². The third kappa shape index (κ3) is 4.52. The zero-order valence-electron chi connectivity index (χ0n) is 16.3. The van der Waals surface area contributed by atoms with Crippen molar-refractivity contribution in [2.75, 3.05) is 13.6 Å². The lowest BCUT2D eigenvalue weighted by atomic mass is 10.1. The van der Waals surface area contributed by atoms with Crippen molar-refractivity contribution < 1.29 is 9.21 Å². The highest BCUT2D eigenvalue weighted by Crippen LogP contribution is 2.33. The Bertz CT molecular complexity index is 1120. The van der Waals surface area contributed by atoms with E-state index in [0.717, 1.165) is 32.3 Å². The summed E-state index contributed by atoms with van der Waals surface area (Å²) in [4.78, 5) is 14.9. The Morgan fingerprint density at radius 3 is 2.62 bits per heavy atom. The maximum Gasteiger partial charge on any atom is 0.289 e. The molecule has 0 N–H and O–H groups in total. The molecule has 0 saturated heterocycles. The van der Waals surface area contributed by atoms with Gasteiger partial charge in [0.1, 0.15) is 10.6 Å². The van der Waals surface area contributed by atoms with Crippen LogP contribution in [0, 0.1) is 6.92 Å². The van der Waals surface area contributed by atoms with E-state index in [9.17, 15) is 4.79 Å². The molecule has 0 fully saturated rings. The SMILES string of the molecule is Cc1nnc(SCc2c(C(=O)N(C)CCc3ccccc3)oc3ccccc23)s1. The van der Waals surface area contributed by atoms with Crippen molar-refractivity contribution >= 4 is 40.0 Å². The molecule has 2 aromatic carbocycles. The summed E-state index contributed by atoms with van der Waals surface area (Å²) in [6, 6.07) is 18.0. The molecule has 5 nitrogen and oxygen atoms in total. The number of amides is 1. The van der Waals surface area contributed by atoms with E-state index in [1.165, 1.54) is 5.56 Å². The zero-order valence-corrected chi connectivity index (χ0v) is 17.9. The molecule has 0 radical (unpaired) electrons. The first-order chi connectivity index (χ1) is 14.1. The van der Waals surface area contributed by atoms with Crippen molar-refractivity contribution in [1.29, 1.82) is 0 Å². The maximum atomic E-state index is 13.2. The Morgan fingerprint density at radius 2 is 1.86 bits per heavy atom. The lowest BCUT2D eigenvalue weighted by Gasteiger charge is -2.16. The highest BCUT2D eigenvalue weighted by atomic mass is 32.2. The Balaban J connectivity index is 1.55. The molecule has 0 aliphatic heterocycles. The Morgan fingerprint density at radius 1 is 1.10 bits per heavy atom. The molecule has 0 unspecified atom stereocenters. The standard InChI is InChI=1S/C22H21N3O2S2/c1-15-23-24-22(29-15)28-14-18-17-10-6-7-11-19(17)27-20(18)21(26)25(2)13-12-16-8-4-3-5-9-16/h3-11H,12-14H2,1-2H3. The number of benzene rings is 2. The van der Waals surface area contributed by atoms with E-state index in [1.54, 1.807) is 28.0 Å². The largest absolute Gasteiger partial charge is 0.451 e. The summed E-state index contributed by atoms with van der Waals surface area (Å²) >= 11 is 3.14. The third-order valence-corrected chi connectivity index (χ3v) is 6.66. The number of furan rings is 1. The van der Waals surface area contributed by atoms with Gasteiger partial charge in [0, 0.05) is 30.3 Å². The van der Waals surface area contributed by atoms with Crippen LogP contribution in [0.25, 0.3) is 11.0 Å². The van der Waals surface area contributed by atoms with Crippen LogP contribution in [0.4, 0.5) is 0 Å². The van der Waals surface area contributed by atoms with Gasteiger partial charge in [-0.25, -0.2) is 0 Å². The summed E-state index contributed by atoms with van der Waals surface area (Å²) < 4.78 is 6.88. The van der Waals surface area contributed by atoms with E-state index < -0.39 is 0 Å². The predicted octanol–water partition coefficient (Wildman–Crippen LogP) is 5.20. The maximum absolute atomic E-state index is 13.2. The molecule has 2 aromatic heterocycles. The van der Waals surface area contributed by atoms with Crippen molar-refractivity contribution in [2.45, 2.75) is 23.4 Å². The highest BCUT2D eigenvalue weighted by Gasteiger charge is 2.23. The van der Waals surface area contributed by atoms with E-state index >= 15 is 0 Å². The minimum absolute atomic E-state index is 0.0961. The Hall–Kier alpha value is -2.64. The number of nitrogens with zero attached hydrogens (tertiary/aromatic N) is 3. The summed E-state index contributed by atoms with van der Waals surface area (Å²) in [5, 5.41) is 10.1. The second kappa shape index (κ2) is 8.80. The first-order valence-electron chi connectivity index (χ1n) is 9.34. The number of carbonyl (C=O) groups is 1. The van der Waals surface area contributed by atoms with Crippen LogP contribution in [-0.4, -0.2) is 34.6 Å². The van der Waals surface area contributed by atoms with Crippen LogP contribution < -0.4 is 0 Å². The number of thioether (sulfide) groups is 1. The smallest absolute Gasteiger partial charge is 0.289 e. The van der Waals surface area contributed by atoms with E-state index in [4.69, 9.17) is 4.42 Å². The minimum atomic E-state index is -0.0961. The molecule has 0 aliphatic rings. The van der Waals surface area contributed by atoms with Crippen LogP contribution in [0.2, 0.25) is 0 Å². The molecule has 0 spiro atoms. The first-order valence-corrected chi connectivity index (χ1v) is 11.1. The van der Waals surface area contributed by atoms with Crippen LogP contribution in [0.5, 0.6) is 0 Å². The molecule has 4 rings (SSSR count). The minimum Gasteiger partial charge on any atom is -0.451 e. The van der Waals surface area contributed by atoms with Crippen LogP contribution >= 0.6 is 23.1 Å². The van der Waals surface area contributed by atoms with E-state index in [-0.39, 0.29) is 5.91 Å². The average Bonchev–Trinajstić information content (AvgIpc) is 3.33. The summed E-state index contributed by atoms with van der Waals surface area (Å²) in [5.74, 6) is 0.927. The van der Waals surface area contributed by atoms with Gasteiger partial charge in [0.2, 0.25) is 0 Å². The lowest BCUT2D eigenvalue weighted by molar-refractivity contribution is 0.0766. The first kappa shape index (κ1) is 19.7. The van der Waals surface area contributed by atoms with Crippen LogP contribution in [-0.2, 0) is 12.2 Å². The third-order valence-electron chi connectivity index (χ3n) is 4.67. The number of para-hydroxylation sites is 1. The van der Waals surface area contributed by atoms with Gasteiger partial charge in [-0.05, 0) is 25.0 Å². The van der Waals surface area contributed by atoms with Crippen LogP contribution in [0.15, 0.2) is 63.4 Å². The van der Waals surface area contributed by atoms with Gasteiger partial charge in [-0.3, -0.25) is 4.79 Å². The monoisotopic (exact) mass is 423 g/mol. The number of fused-ring (bicyclic) bond motifs is 1. The van der Waals surface area contributed by atoms with E-state index in [0.29, 0.717) is 18.1 Å². The average molecular weight is 424 g/mol. The van der Waals surface area contributed by atoms with Gasteiger partial charge >= 0.3 is 0 Å². The molecule has 0 atom stereocenters. The number of rotatable bonds is 7. The fourth-order valence-electron chi connectivity index (χ4n) is 3.10. The molecule has 7 heteroatoms. The van der Waals surface area contributed by atoms with Gasteiger partial charge in [-0.2, -0.15) is 0 Å². The molecule has 1 amide bonds. The highest BCUT2D eigenvalue weighted by molar-refractivity contribution is 8.00. The van der Waals surface area contributed by atoms with Gasteiger partial charge in [0.05, 0.1) is 0 Å².